The molecule has 0 unspecified atom stereocenters. The molecule has 2 nitrogen and oxygen atoms in total. The van der Waals surface area contributed by atoms with Crippen LogP contribution in [0.2, 0.25) is 0 Å². The van der Waals surface area contributed by atoms with E-state index in [0.717, 1.165) is 5.69 Å². The van der Waals surface area contributed by atoms with Crippen LogP contribution in [0.25, 0.3) is 109 Å². The molecular formula is C54H32N2S2. The third-order valence-corrected chi connectivity index (χ3v) is 14.3. The Hall–Kier alpha value is -6.85. The molecule has 13 rings (SSSR count). The van der Waals surface area contributed by atoms with E-state index in [2.05, 4.69) is 203 Å². The third-order valence-electron chi connectivity index (χ3n) is 12.1. The first kappa shape index (κ1) is 32.3. The topological polar surface area (TPSA) is 9.86 Å². The molecule has 0 amide bonds. The molecule has 1 aliphatic rings. The highest BCUT2D eigenvalue weighted by Crippen LogP contribution is 2.51. The molecule has 0 fully saturated rings. The number of fused-ring (bicyclic) bond motifs is 11. The fourth-order valence-corrected chi connectivity index (χ4v) is 11.8. The summed E-state index contributed by atoms with van der Waals surface area (Å²) in [6.07, 6.45) is 0. The molecule has 0 saturated heterocycles. The number of benzene rings is 9. The summed E-state index contributed by atoms with van der Waals surface area (Å²) in [6, 6.07) is 71.8. The van der Waals surface area contributed by atoms with Gasteiger partial charge in [0.25, 0.3) is 0 Å². The average molecular weight is 773 g/mol. The third kappa shape index (κ3) is 4.61. The Balaban J connectivity index is 1.01. The standard InChI is InChI=1S/C54H32N2S2/c1-2-13-39(14-3-1)55-45-19-8-16-41(38-28-25-33-11-4-5-12-36(33)31-38)51(45)52-43-18-10-22-48-53(43)56(54(52)55)44-30-29-37(32-49(44)58-48)34-23-26-35(27-24-34)40-17-9-21-47-50(40)42-15-6-7-20-46(42)57-47/h1-32H. The minimum Gasteiger partial charge on any atom is -0.295 e. The predicted molar refractivity (Wildman–Crippen MR) is 248 cm³/mol. The van der Waals surface area contributed by atoms with Gasteiger partial charge in [0.1, 0.15) is 5.65 Å². The fraction of sp³-hybridized carbons (Fsp3) is 0. The SMILES string of the molecule is c1ccc(-n2c3cccc(-c4ccc5ccccc5c4)c3c3c4cccc5c4n(c32)-c2ccc(-c3ccc(-c4cccc6sc7ccccc7c46)cc3)cc2S5)cc1. The zero-order valence-electron chi connectivity index (χ0n) is 31.2. The highest BCUT2D eigenvalue weighted by Gasteiger charge is 2.29. The quantitative estimate of drug-likeness (QED) is 0.173. The van der Waals surface area contributed by atoms with Crippen LogP contribution in [0.5, 0.6) is 0 Å². The number of para-hydroxylation sites is 2. The van der Waals surface area contributed by atoms with Gasteiger partial charge in [0, 0.05) is 51.8 Å². The number of hydrogen-bond acceptors (Lipinski definition) is 2. The Labute approximate surface area is 342 Å². The van der Waals surface area contributed by atoms with Crippen molar-refractivity contribution >= 4 is 86.9 Å². The highest BCUT2D eigenvalue weighted by atomic mass is 32.2. The van der Waals surface area contributed by atoms with Crippen LogP contribution in [-0.4, -0.2) is 9.13 Å². The molecule has 270 valence electrons. The molecule has 0 N–H and O–H groups in total. The van der Waals surface area contributed by atoms with E-state index in [1.807, 2.05) is 23.1 Å². The first-order chi connectivity index (χ1) is 28.8. The Bertz CT molecular complexity index is 3640. The molecule has 0 bridgehead atoms. The maximum atomic E-state index is 2.54. The first-order valence-electron chi connectivity index (χ1n) is 19.8. The molecular weight excluding hydrogens is 741 g/mol. The van der Waals surface area contributed by atoms with Gasteiger partial charge in [-0.05, 0) is 98.8 Å². The molecule has 0 radical (unpaired) electrons. The molecule has 0 aliphatic carbocycles. The summed E-state index contributed by atoms with van der Waals surface area (Å²) in [6.45, 7) is 0. The lowest BCUT2D eigenvalue weighted by Gasteiger charge is -2.22. The van der Waals surface area contributed by atoms with Crippen molar-refractivity contribution in [3.63, 3.8) is 0 Å². The summed E-state index contributed by atoms with van der Waals surface area (Å²) < 4.78 is 7.70. The highest BCUT2D eigenvalue weighted by molar-refractivity contribution is 7.99. The van der Waals surface area contributed by atoms with Gasteiger partial charge >= 0.3 is 0 Å². The van der Waals surface area contributed by atoms with E-state index in [-0.39, 0.29) is 0 Å². The summed E-state index contributed by atoms with van der Waals surface area (Å²) in [7, 11) is 0. The second kappa shape index (κ2) is 12.3. The van der Waals surface area contributed by atoms with Gasteiger partial charge in [0.2, 0.25) is 0 Å². The lowest BCUT2D eigenvalue weighted by molar-refractivity contribution is 1.03. The molecule has 58 heavy (non-hydrogen) atoms. The predicted octanol–water partition coefficient (Wildman–Crippen LogP) is 15.7. The zero-order chi connectivity index (χ0) is 37.9. The second-order valence-corrected chi connectivity index (χ2v) is 17.4. The second-order valence-electron chi connectivity index (χ2n) is 15.3. The monoisotopic (exact) mass is 772 g/mol. The van der Waals surface area contributed by atoms with Crippen molar-refractivity contribution in [3.8, 4) is 44.8 Å². The Morgan fingerprint density at radius 3 is 1.97 bits per heavy atom. The Kier molecular flexibility index (Phi) is 6.85. The van der Waals surface area contributed by atoms with Gasteiger partial charge in [-0.25, -0.2) is 0 Å². The van der Waals surface area contributed by atoms with Gasteiger partial charge in [-0.3, -0.25) is 9.13 Å². The van der Waals surface area contributed by atoms with Crippen LogP contribution in [0.15, 0.2) is 204 Å². The summed E-state index contributed by atoms with van der Waals surface area (Å²) in [5.41, 5.74) is 13.5. The van der Waals surface area contributed by atoms with Gasteiger partial charge in [-0.1, -0.05) is 151 Å². The molecule has 9 aromatic carbocycles. The van der Waals surface area contributed by atoms with Crippen LogP contribution in [0, 0.1) is 0 Å². The Morgan fingerprint density at radius 2 is 1.07 bits per heavy atom. The molecule has 3 aromatic heterocycles. The Morgan fingerprint density at radius 1 is 0.379 bits per heavy atom. The largest absolute Gasteiger partial charge is 0.295 e. The van der Waals surface area contributed by atoms with E-state index in [4.69, 9.17) is 0 Å². The average Bonchev–Trinajstić information content (AvgIpc) is 3.95. The number of hydrogen-bond donors (Lipinski definition) is 0. The van der Waals surface area contributed by atoms with Crippen LogP contribution < -0.4 is 0 Å². The maximum Gasteiger partial charge on any atom is 0.131 e. The number of aromatic nitrogens is 2. The van der Waals surface area contributed by atoms with E-state index in [1.165, 1.54) is 113 Å². The smallest absolute Gasteiger partial charge is 0.131 e. The number of nitrogens with zero attached hydrogens (tertiary/aromatic N) is 2. The molecule has 12 aromatic rings. The first-order valence-corrected chi connectivity index (χ1v) is 21.4. The minimum absolute atomic E-state index is 1.15. The van der Waals surface area contributed by atoms with Crippen molar-refractivity contribution in [2.24, 2.45) is 0 Å². The lowest BCUT2D eigenvalue weighted by atomic mass is 9.97. The number of thiophene rings is 1. The van der Waals surface area contributed by atoms with Crippen LogP contribution in [0.1, 0.15) is 0 Å². The summed E-state index contributed by atoms with van der Waals surface area (Å²) in [5, 5.41) is 9.05. The molecule has 0 spiro atoms. The summed E-state index contributed by atoms with van der Waals surface area (Å²) >= 11 is 3.76. The van der Waals surface area contributed by atoms with Gasteiger partial charge in [-0.2, -0.15) is 0 Å². The van der Waals surface area contributed by atoms with E-state index >= 15 is 0 Å². The molecule has 0 saturated carbocycles. The fourth-order valence-electron chi connectivity index (χ4n) is 9.54. The minimum atomic E-state index is 1.15. The van der Waals surface area contributed by atoms with Crippen molar-refractivity contribution in [3.05, 3.63) is 194 Å². The van der Waals surface area contributed by atoms with Gasteiger partial charge in [-0.15, -0.1) is 11.3 Å². The van der Waals surface area contributed by atoms with Crippen molar-refractivity contribution < 1.29 is 0 Å². The van der Waals surface area contributed by atoms with Gasteiger partial charge in [0.05, 0.1) is 16.7 Å². The molecule has 1 aliphatic heterocycles. The van der Waals surface area contributed by atoms with Crippen LogP contribution in [0.3, 0.4) is 0 Å². The van der Waals surface area contributed by atoms with E-state index in [1.54, 1.807) is 0 Å². The zero-order valence-corrected chi connectivity index (χ0v) is 32.8. The van der Waals surface area contributed by atoms with E-state index in [9.17, 15) is 0 Å². The van der Waals surface area contributed by atoms with Crippen LogP contribution >= 0.6 is 23.1 Å². The van der Waals surface area contributed by atoms with Crippen molar-refractivity contribution in [2.75, 3.05) is 0 Å². The van der Waals surface area contributed by atoms with Gasteiger partial charge in [0.15, 0.2) is 0 Å². The number of rotatable bonds is 4. The normalized spacial score (nSPS) is 12.4. The van der Waals surface area contributed by atoms with E-state index < -0.39 is 0 Å². The van der Waals surface area contributed by atoms with Gasteiger partial charge < -0.3 is 0 Å². The van der Waals surface area contributed by atoms with Crippen molar-refractivity contribution in [1.82, 2.24) is 9.13 Å². The van der Waals surface area contributed by atoms with E-state index in [0.29, 0.717) is 0 Å². The van der Waals surface area contributed by atoms with Crippen LogP contribution in [-0.2, 0) is 0 Å². The summed E-state index contributed by atoms with van der Waals surface area (Å²) in [4.78, 5) is 2.54. The lowest BCUT2D eigenvalue weighted by Crippen LogP contribution is -2.05. The van der Waals surface area contributed by atoms with Crippen LogP contribution in [0.4, 0.5) is 0 Å². The molecule has 4 heteroatoms. The molecule has 4 heterocycles. The molecule has 0 atom stereocenters. The maximum absolute atomic E-state index is 2.54. The summed E-state index contributed by atoms with van der Waals surface area (Å²) in [5.74, 6) is 0. The van der Waals surface area contributed by atoms with Crippen molar-refractivity contribution in [2.45, 2.75) is 9.79 Å². The van der Waals surface area contributed by atoms with Crippen molar-refractivity contribution in [1.29, 1.82) is 0 Å².